The van der Waals surface area contributed by atoms with Crippen LogP contribution in [0, 0.1) is 28.6 Å². The van der Waals surface area contributed by atoms with Crippen LogP contribution in [0.4, 0.5) is 0 Å². The first-order valence-electron chi connectivity index (χ1n) is 8.80. The standard InChI is InChI=1S/C18H32O2/c1-17-9-3-5-14(17)13-6-7-16(20)18(2,10-4-12-19)15(13)8-11-17/h13-16,19-20H,3-12H2,1-2H3/t13-,14-,15-,16+,17-,18+/m0/s1. The monoisotopic (exact) mass is 280 g/mol. The highest BCUT2D eigenvalue weighted by molar-refractivity contribution is 5.06. The van der Waals surface area contributed by atoms with Crippen molar-refractivity contribution in [2.45, 2.75) is 77.7 Å². The van der Waals surface area contributed by atoms with Crippen molar-refractivity contribution in [3.05, 3.63) is 0 Å². The molecule has 0 aliphatic heterocycles. The molecular weight excluding hydrogens is 248 g/mol. The van der Waals surface area contributed by atoms with Crippen LogP contribution >= 0.6 is 0 Å². The molecule has 20 heavy (non-hydrogen) atoms. The second-order valence-corrected chi connectivity index (χ2v) is 8.39. The van der Waals surface area contributed by atoms with Crippen molar-refractivity contribution in [2.75, 3.05) is 6.61 Å². The Morgan fingerprint density at radius 2 is 1.80 bits per heavy atom. The van der Waals surface area contributed by atoms with Gasteiger partial charge in [-0.3, -0.25) is 0 Å². The summed E-state index contributed by atoms with van der Waals surface area (Å²) in [4.78, 5) is 0. The summed E-state index contributed by atoms with van der Waals surface area (Å²) in [5.41, 5.74) is 0.650. The van der Waals surface area contributed by atoms with Crippen LogP contribution in [0.2, 0.25) is 0 Å². The van der Waals surface area contributed by atoms with Crippen LogP contribution in [0.1, 0.15) is 71.6 Å². The maximum atomic E-state index is 10.6. The Kier molecular flexibility index (Phi) is 3.92. The highest BCUT2D eigenvalue weighted by atomic mass is 16.3. The molecule has 3 aliphatic rings. The van der Waals surface area contributed by atoms with E-state index in [2.05, 4.69) is 13.8 Å². The fraction of sp³-hybridized carbons (Fsp3) is 1.00. The van der Waals surface area contributed by atoms with E-state index < -0.39 is 0 Å². The van der Waals surface area contributed by atoms with Crippen molar-refractivity contribution in [2.24, 2.45) is 28.6 Å². The molecule has 0 spiro atoms. The van der Waals surface area contributed by atoms with Gasteiger partial charge in [0.15, 0.2) is 0 Å². The summed E-state index contributed by atoms with van der Waals surface area (Å²) in [6.07, 6.45) is 10.8. The van der Waals surface area contributed by atoms with Crippen LogP contribution in [0.5, 0.6) is 0 Å². The predicted octanol–water partition coefficient (Wildman–Crippen LogP) is 3.75. The quantitative estimate of drug-likeness (QED) is 0.826. The van der Waals surface area contributed by atoms with E-state index in [0.717, 1.165) is 31.1 Å². The molecule has 0 bridgehead atoms. The molecule has 116 valence electrons. The number of hydrogen-bond acceptors (Lipinski definition) is 2. The van der Waals surface area contributed by atoms with Gasteiger partial charge in [-0.25, -0.2) is 0 Å². The molecule has 3 aliphatic carbocycles. The molecule has 0 aromatic rings. The van der Waals surface area contributed by atoms with Crippen molar-refractivity contribution >= 4 is 0 Å². The van der Waals surface area contributed by atoms with E-state index in [1.54, 1.807) is 0 Å². The Morgan fingerprint density at radius 1 is 1.00 bits per heavy atom. The average Bonchev–Trinajstić information content (AvgIpc) is 2.82. The van der Waals surface area contributed by atoms with E-state index in [1.165, 1.54) is 38.5 Å². The van der Waals surface area contributed by atoms with Crippen LogP contribution in [0.25, 0.3) is 0 Å². The average molecular weight is 280 g/mol. The lowest BCUT2D eigenvalue weighted by Crippen LogP contribution is -2.53. The van der Waals surface area contributed by atoms with E-state index in [9.17, 15) is 10.2 Å². The van der Waals surface area contributed by atoms with Crippen molar-refractivity contribution in [1.29, 1.82) is 0 Å². The summed E-state index contributed by atoms with van der Waals surface area (Å²) in [5.74, 6) is 2.43. The summed E-state index contributed by atoms with van der Waals surface area (Å²) in [7, 11) is 0. The Hall–Kier alpha value is -0.0800. The molecule has 3 fully saturated rings. The first-order chi connectivity index (χ1) is 9.51. The molecule has 2 nitrogen and oxygen atoms in total. The molecule has 0 aromatic carbocycles. The minimum Gasteiger partial charge on any atom is -0.396 e. The second-order valence-electron chi connectivity index (χ2n) is 8.39. The Morgan fingerprint density at radius 3 is 2.55 bits per heavy atom. The maximum Gasteiger partial charge on any atom is 0.0596 e. The molecule has 0 unspecified atom stereocenters. The minimum atomic E-state index is -0.152. The first-order valence-corrected chi connectivity index (χ1v) is 8.80. The summed E-state index contributed by atoms with van der Waals surface area (Å²) < 4.78 is 0. The van der Waals surface area contributed by atoms with Gasteiger partial charge in [0.1, 0.15) is 0 Å². The Balaban J connectivity index is 1.83. The van der Waals surface area contributed by atoms with Gasteiger partial charge in [-0.2, -0.15) is 0 Å². The van der Waals surface area contributed by atoms with Crippen molar-refractivity contribution in [1.82, 2.24) is 0 Å². The Labute approximate surface area is 124 Å². The van der Waals surface area contributed by atoms with Crippen LogP contribution in [-0.2, 0) is 0 Å². The SMILES string of the molecule is C[C@@]12CCC[C@H]1[C@@H]1CC[C@@H](O)[C@](C)(CCCO)[C@H]1CC2. The molecule has 0 saturated heterocycles. The summed E-state index contributed by atoms with van der Waals surface area (Å²) in [6.45, 7) is 5.10. The Bertz CT molecular complexity index is 355. The van der Waals surface area contributed by atoms with Crippen LogP contribution in [-0.4, -0.2) is 22.9 Å². The summed E-state index contributed by atoms with van der Waals surface area (Å²) in [5, 5.41) is 19.8. The first kappa shape index (κ1) is 14.8. The zero-order valence-corrected chi connectivity index (χ0v) is 13.3. The van der Waals surface area contributed by atoms with Crippen molar-refractivity contribution in [3.63, 3.8) is 0 Å². The van der Waals surface area contributed by atoms with Crippen LogP contribution in [0.15, 0.2) is 0 Å². The van der Waals surface area contributed by atoms with E-state index in [-0.39, 0.29) is 18.1 Å². The lowest BCUT2D eigenvalue weighted by atomic mass is 9.49. The normalized spacial score (nSPS) is 51.6. The van der Waals surface area contributed by atoms with E-state index in [0.29, 0.717) is 11.3 Å². The van der Waals surface area contributed by atoms with Gasteiger partial charge in [0.05, 0.1) is 6.10 Å². The smallest absolute Gasteiger partial charge is 0.0596 e. The topological polar surface area (TPSA) is 40.5 Å². The zero-order valence-electron chi connectivity index (χ0n) is 13.3. The fourth-order valence-electron chi connectivity index (χ4n) is 6.24. The molecule has 0 radical (unpaired) electrons. The third-order valence-corrected chi connectivity index (χ3v) is 7.47. The third-order valence-electron chi connectivity index (χ3n) is 7.47. The molecule has 0 aromatic heterocycles. The van der Waals surface area contributed by atoms with E-state index in [4.69, 9.17) is 0 Å². The maximum absolute atomic E-state index is 10.6. The third kappa shape index (κ3) is 2.14. The van der Waals surface area contributed by atoms with Gasteiger partial charge in [-0.1, -0.05) is 20.3 Å². The van der Waals surface area contributed by atoms with E-state index >= 15 is 0 Å². The molecule has 2 N–H and O–H groups in total. The van der Waals surface area contributed by atoms with Gasteiger partial charge in [0.2, 0.25) is 0 Å². The second kappa shape index (κ2) is 5.28. The largest absolute Gasteiger partial charge is 0.396 e. The molecule has 3 saturated carbocycles. The molecule has 3 rings (SSSR count). The highest BCUT2D eigenvalue weighted by Gasteiger charge is 2.56. The van der Waals surface area contributed by atoms with Gasteiger partial charge >= 0.3 is 0 Å². The van der Waals surface area contributed by atoms with Crippen molar-refractivity contribution in [3.8, 4) is 0 Å². The summed E-state index contributed by atoms with van der Waals surface area (Å²) >= 11 is 0. The van der Waals surface area contributed by atoms with Gasteiger partial charge in [0, 0.05) is 6.61 Å². The number of hydrogen-bond donors (Lipinski definition) is 2. The highest BCUT2D eigenvalue weighted by Crippen LogP contribution is 2.63. The number of fused-ring (bicyclic) bond motifs is 3. The van der Waals surface area contributed by atoms with Gasteiger partial charge in [0.25, 0.3) is 0 Å². The van der Waals surface area contributed by atoms with Crippen molar-refractivity contribution < 1.29 is 10.2 Å². The molecule has 0 heterocycles. The zero-order chi connectivity index (χ0) is 14.4. The summed E-state index contributed by atoms with van der Waals surface area (Å²) in [6, 6.07) is 0. The van der Waals surface area contributed by atoms with Crippen LogP contribution in [0.3, 0.4) is 0 Å². The fourth-order valence-corrected chi connectivity index (χ4v) is 6.24. The lowest BCUT2D eigenvalue weighted by Gasteiger charge is -2.57. The molecule has 6 atom stereocenters. The van der Waals surface area contributed by atoms with Crippen LogP contribution < -0.4 is 0 Å². The van der Waals surface area contributed by atoms with E-state index in [1.807, 2.05) is 0 Å². The lowest BCUT2D eigenvalue weighted by molar-refractivity contribution is -0.125. The molecular formula is C18H32O2. The molecule has 2 heteroatoms. The number of aliphatic hydroxyl groups excluding tert-OH is 2. The van der Waals surface area contributed by atoms with Gasteiger partial charge < -0.3 is 10.2 Å². The predicted molar refractivity (Wildman–Crippen MR) is 81.3 cm³/mol. The van der Waals surface area contributed by atoms with Gasteiger partial charge in [-0.05, 0) is 80.0 Å². The molecule has 0 amide bonds. The minimum absolute atomic E-state index is 0.0512. The van der Waals surface area contributed by atoms with Gasteiger partial charge in [-0.15, -0.1) is 0 Å². The number of rotatable bonds is 3. The number of aliphatic hydroxyl groups is 2.